The molecule has 1 heterocycles. The number of amides is 1. The van der Waals surface area contributed by atoms with Crippen LogP contribution in [0.4, 0.5) is 0 Å². The quantitative estimate of drug-likeness (QED) is 0.860. The molecule has 1 amide bonds. The first-order valence-corrected chi connectivity index (χ1v) is 7.89. The summed E-state index contributed by atoms with van der Waals surface area (Å²) in [5, 5.41) is 19.7. The molecule has 0 fully saturated rings. The summed E-state index contributed by atoms with van der Waals surface area (Å²) in [5.41, 5.74) is 11.9. The molecule has 0 radical (unpaired) electrons. The van der Waals surface area contributed by atoms with E-state index in [1.807, 2.05) is 0 Å². The summed E-state index contributed by atoms with van der Waals surface area (Å²) >= 11 is 7.24. The number of nitrogens with two attached hydrogens (primary N) is 2. The summed E-state index contributed by atoms with van der Waals surface area (Å²) in [6.45, 7) is 0. The predicted molar refractivity (Wildman–Crippen MR) is 89.2 cm³/mol. The lowest BCUT2D eigenvalue weighted by Crippen LogP contribution is -2.32. The number of allylic oxidation sites excluding steroid dienone is 1. The fourth-order valence-corrected chi connectivity index (χ4v) is 3.32. The van der Waals surface area contributed by atoms with Crippen molar-refractivity contribution < 1.29 is 4.79 Å². The van der Waals surface area contributed by atoms with E-state index in [4.69, 9.17) is 23.1 Å². The zero-order valence-electron chi connectivity index (χ0n) is 11.9. The van der Waals surface area contributed by atoms with Gasteiger partial charge in [-0.25, -0.2) is 4.99 Å². The van der Waals surface area contributed by atoms with Crippen LogP contribution in [0.3, 0.4) is 0 Å². The summed E-state index contributed by atoms with van der Waals surface area (Å²) < 4.78 is 0. The van der Waals surface area contributed by atoms with Crippen molar-refractivity contribution in [2.75, 3.05) is 5.75 Å². The normalized spacial score (nSPS) is 20.4. The molecule has 0 aliphatic carbocycles. The minimum absolute atomic E-state index is 0.0379. The molecular weight excluding hydrogens is 334 g/mol. The van der Waals surface area contributed by atoms with Crippen molar-refractivity contribution in [1.29, 1.82) is 10.5 Å². The Kier molecular flexibility index (Phi) is 5.28. The molecule has 0 saturated carbocycles. The van der Waals surface area contributed by atoms with Crippen LogP contribution < -0.4 is 11.5 Å². The van der Waals surface area contributed by atoms with E-state index in [0.29, 0.717) is 15.6 Å². The highest BCUT2D eigenvalue weighted by Gasteiger charge is 2.36. The Bertz CT molecular complexity index is 790. The zero-order valence-corrected chi connectivity index (χ0v) is 13.4. The Morgan fingerprint density at radius 3 is 2.65 bits per heavy atom. The summed E-state index contributed by atoms with van der Waals surface area (Å²) in [7, 11) is 0. The van der Waals surface area contributed by atoms with Crippen LogP contribution in [-0.2, 0) is 4.79 Å². The van der Waals surface area contributed by atoms with Gasteiger partial charge in [0, 0.05) is 10.9 Å². The van der Waals surface area contributed by atoms with Gasteiger partial charge in [0.15, 0.2) is 0 Å². The van der Waals surface area contributed by atoms with Crippen molar-refractivity contribution in [2.45, 2.75) is 5.92 Å². The Morgan fingerprint density at radius 2 is 2.09 bits per heavy atom. The van der Waals surface area contributed by atoms with Gasteiger partial charge in [0.25, 0.3) is 0 Å². The smallest absolute Gasteiger partial charge is 0.227 e. The molecule has 1 aromatic rings. The molecule has 1 aliphatic rings. The van der Waals surface area contributed by atoms with E-state index < -0.39 is 17.7 Å². The van der Waals surface area contributed by atoms with E-state index in [1.54, 1.807) is 24.3 Å². The maximum absolute atomic E-state index is 11.0. The van der Waals surface area contributed by atoms with Crippen molar-refractivity contribution in [3.8, 4) is 12.1 Å². The molecule has 4 N–H and O–H groups in total. The van der Waals surface area contributed by atoms with Crippen LogP contribution in [0.5, 0.6) is 0 Å². The van der Waals surface area contributed by atoms with E-state index in [2.05, 4.69) is 17.1 Å². The second-order valence-corrected chi connectivity index (χ2v) is 6.10. The fraction of sp³-hybridized carbons (Fsp3) is 0.200. The van der Waals surface area contributed by atoms with Crippen LogP contribution in [0, 0.1) is 28.6 Å². The average Bonchev–Trinajstić information content (AvgIpc) is 2.52. The first-order chi connectivity index (χ1) is 11.0. The molecule has 1 aromatic carbocycles. The van der Waals surface area contributed by atoms with Gasteiger partial charge in [0.2, 0.25) is 5.91 Å². The van der Waals surface area contributed by atoms with Gasteiger partial charge in [-0.2, -0.15) is 10.5 Å². The van der Waals surface area contributed by atoms with Crippen LogP contribution in [0.15, 0.2) is 39.9 Å². The highest BCUT2D eigenvalue weighted by Crippen LogP contribution is 2.42. The fourth-order valence-electron chi connectivity index (χ4n) is 2.29. The van der Waals surface area contributed by atoms with Gasteiger partial charge in [-0.1, -0.05) is 41.6 Å². The summed E-state index contributed by atoms with van der Waals surface area (Å²) in [4.78, 5) is 15.1. The molecule has 2 rings (SSSR count). The molecule has 6 nitrogen and oxygen atoms in total. The molecule has 0 saturated heterocycles. The predicted octanol–water partition coefficient (Wildman–Crippen LogP) is 1.89. The number of rotatable bonds is 4. The topological polar surface area (TPSA) is 129 Å². The molecule has 0 spiro atoms. The van der Waals surface area contributed by atoms with E-state index >= 15 is 0 Å². The molecule has 0 bridgehead atoms. The van der Waals surface area contributed by atoms with Gasteiger partial charge >= 0.3 is 0 Å². The monoisotopic (exact) mass is 345 g/mol. The van der Waals surface area contributed by atoms with Crippen LogP contribution >= 0.6 is 23.4 Å². The number of aliphatic imine (C=N–C) groups is 1. The summed E-state index contributed by atoms with van der Waals surface area (Å²) in [6.07, 6.45) is 0. The molecule has 2 atom stereocenters. The number of thioether (sulfide) groups is 1. The first-order valence-electron chi connectivity index (χ1n) is 6.53. The number of halogens is 1. The summed E-state index contributed by atoms with van der Waals surface area (Å²) in [6, 6.07) is 11.1. The van der Waals surface area contributed by atoms with E-state index in [1.165, 1.54) is 0 Å². The number of nitrogens with zero attached hydrogens (tertiary/aromatic N) is 3. The molecule has 116 valence electrons. The molecule has 1 unspecified atom stereocenters. The van der Waals surface area contributed by atoms with E-state index in [-0.39, 0.29) is 17.2 Å². The Balaban J connectivity index is 2.58. The van der Waals surface area contributed by atoms with Crippen molar-refractivity contribution in [1.82, 2.24) is 0 Å². The second kappa shape index (κ2) is 7.19. The Morgan fingerprint density at radius 1 is 1.39 bits per heavy atom. The third-order valence-corrected chi connectivity index (χ3v) is 4.63. The number of amidine groups is 1. The summed E-state index contributed by atoms with van der Waals surface area (Å²) in [5.74, 6) is -1.92. The number of nitriles is 2. The van der Waals surface area contributed by atoms with Crippen molar-refractivity contribution >= 4 is 35.1 Å². The van der Waals surface area contributed by atoms with Crippen LogP contribution in [-0.4, -0.2) is 17.5 Å². The number of hydrogen-bond donors (Lipinski definition) is 2. The van der Waals surface area contributed by atoms with Crippen molar-refractivity contribution in [3.05, 3.63) is 45.5 Å². The largest absolute Gasteiger partial charge is 0.386 e. The number of carbonyl (C=O) groups excluding carboxylic acids is 1. The molecule has 23 heavy (non-hydrogen) atoms. The standard InChI is InChI=1S/C15H12ClN5OS/c16-11-4-2-1-3-8(11)13-9(5-17)14(20)21-15(10(13)6-18)23-7-12(19)22/h1-4,9,13H,7H2,(H2,19,22)(H2,20,21)/t9?,13-/m1/s1. The Labute approximate surface area is 142 Å². The zero-order chi connectivity index (χ0) is 17.0. The maximum Gasteiger partial charge on any atom is 0.227 e. The van der Waals surface area contributed by atoms with Crippen molar-refractivity contribution in [2.24, 2.45) is 22.4 Å². The van der Waals surface area contributed by atoms with Gasteiger partial charge in [-0.15, -0.1) is 0 Å². The lowest BCUT2D eigenvalue weighted by Gasteiger charge is -2.27. The highest BCUT2D eigenvalue weighted by molar-refractivity contribution is 8.03. The van der Waals surface area contributed by atoms with Gasteiger partial charge in [-0.3, -0.25) is 4.79 Å². The molecular formula is C15H12ClN5OS. The lowest BCUT2D eigenvalue weighted by molar-refractivity contribution is -0.115. The number of hydrogen-bond acceptors (Lipinski definition) is 6. The maximum atomic E-state index is 11.0. The van der Waals surface area contributed by atoms with Gasteiger partial charge in [-0.05, 0) is 11.6 Å². The highest BCUT2D eigenvalue weighted by atomic mass is 35.5. The van der Waals surface area contributed by atoms with Crippen LogP contribution in [0.25, 0.3) is 0 Å². The third-order valence-electron chi connectivity index (χ3n) is 3.28. The van der Waals surface area contributed by atoms with Crippen LogP contribution in [0.1, 0.15) is 11.5 Å². The molecule has 8 heteroatoms. The minimum atomic E-state index is -0.803. The number of carbonyl (C=O) groups is 1. The van der Waals surface area contributed by atoms with Gasteiger partial charge in [0.1, 0.15) is 16.8 Å². The minimum Gasteiger partial charge on any atom is -0.386 e. The number of benzene rings is 1. The Hall–Kier alpha value is -2.48. The SMILES string of the molecule is N#CC1=C(SCC(N)=O)N=C(N)C(C#N)[C@H]1c1ccccc1Cl. The van der Waals surface area contributed by atoms with E-state index in [9.17, 15) is 15.3 Å². The van der Waals surface area contributed by atoms with Gasteiger partial charge in [0.05, 0.1) is 23.5 Å². The third kappa shape index (κ3) is 3.48. The number of primary amides is 1. The first kappa shape index (κ1) is 16.9. The molecule has 0 aromatic heterocycles. The van der Waals surface area contributed by atoms with Crippen LogP contribution in [0.2, 0.25) is 5.02 Å². The van der Waals surface area contributed by atoms with Crippen molar-refractivity contribution in [3.63, 3.8) is 0 Å². The average molecular weight is 346 g/mol. The lowest BCUT2D eigenvalue weighted by atomic mass is 9.80. The molecule has 1 aliphatic heterocycles. The second-order valence-electron chi connectivity index (χ2n) is 4.73. The van der Waals surface area contributed by atoms with E-state index in [0.717, 1.165) is 11.8 Å². The van der Waals surface area contributed by atoms with Gasteiger partial charge < -0.3 is 11.5 Å².